The number of hydrogen-bond donors (Lipinski definition) is 0. The second kappa shape index (κ2) is 4.33. The molecule has 0 radical (unpaired) electrons. The molecule has 0 saturated carbocycles. The van der Waals surface area contributed by atoms with Crippen molar-refractivity contribution in [2.75, 3.05) is 11.9 Å². The average Bonchev–Trinajstić information content (AvgIpc) is 2.26. The molecule has 0 aromatic heterocycles. The van der Waals surface area contributed by atoms with Crippen molar-refractivity contribution >= 4 is 27.5 Å². The van der Waals surface area contributed by atoms with E-state index < -0.39 is 6.10 Å². The number of hydrogen-bond acceptors (Lipinski definition) is 2. The molecule has 1 aromatic carbocycles. The predicted molar refractivity (Wildman–Crippen MR) is 71.7 cm³/mol. The molecule has 1 unspecified atom stereocenters. The van der Waals surface area contributed by atoms with Gasteiger partial charge in [0.05, 0.1) is 5.69 Å². The molecule has 0 saturated heterocycles. The Morgan fingerprint density at radius 1 is 1.41 bits per heavy atom. The Morgan fingerprint density at radius 2 is 2.06 bits per heavy atom. The first-order valence-corrected chi connectivity index (χ1v) is 6.48. The van der Waals surface area contributed by atoms with Crippen LogP contribution in [0.2, 0.25) is 0 Å². The molecular weight excluding hydrogens is 282 g/mol. The van der Waals surface area contributed by atoms with E-state index in [1.54, 1.807) is 18.9 Å². The van der Waals surface area contributed by atoms with Crippen LogP contribution in [0.15, 0.2) is 16.6 Å². The summed E-state index contributed by atoms with van der Waals surface area (Å²) in [6, 6.07) is 3.98. The van der Waals surface area contributed by atoms with E-state index in [0.29, 0.717) is 5.92 Å². The first-order chi connectivity index (χ1) is 7.91. The van der Waals surface area contributed by atoms with E-state index in [1.807, 2.05) is 6.07 Å². The summed E-state index contributed by atoms with van der Waals surface area (Å²) >= 11 is 3.48. The zero-order chi connectivity index (χ0) is 12.7. The monoisotopic (exact) mass is 297 g/mol. The van der Waals surface area contributed by atoms with Crippen molar-refractivity contribution in [3.8, 4) is 5.75 Å². The molecule has 1 aromatic rings. The van der Waals surface area contributed by atoms with Gasteiger partial charge in [0.2, 0.25) is 0 Å². The number of carbonyl (C=O) groups is 1. The highest BCUT2D eigenvalue weighted by Gasteiger charge is 2.31. The maximum Gasteiger partial charge on any atom is 0.267 e. The smallest absolute Gasteiger partial charge is 0.267 e. The number of carbonyl (C=O) groups excluding carboxylic acids is 1. The molecule has 4 heteroatoms. The maximum absolute atomic E-state index is 11.9. The molecule has 0 bridgehead atoms. The van der Waals surface area contributed by atoms with Crippen molar-refractivity contribution in [3.05, 3.63) is 22.2 Å². The standard InChI is InChI=1S/C13H16BrNO2/c1-7(2)10-5-9(14)6-11-12(10)17-8(3)13(16)15(11)4/h5-8H,1-4H3. The third-order valence-electron chi connectivity index (χ3n) is 3.02. The van der Waals surface area contributed by atoms with E-state index >= 15 is 0 Å². The van der Waals surface area contributed by atoms with E-state index in [9.17, 15) is 4.79 Å². The lowest BCUT2D eigenvalue weighted by Gasteiger charge is -2.32. The van der Waals surface area contributed by atoms with Gasteiger partial charge < -0.3 is 9.64 Å². The third-order valence-corrected chi connectivity index (χ3v) is 3.48. The van der Waals surface area contributed by atoms with Gasteiger partial charge in [-0.3, -0.25) is 4.79 Å². The molecule has 1 amide bonds. The fourth-order valence-electron chi connectivity index (χ4n) is 2.02. The zero-order valence-corrected chi connectivity index (χ0v) is 12.0. The summed E-state index contributed by atoms with van der Waals surface area (Å²) in [6.45, 7) is 6.02. The summed E-state index contributed by atoms with van der Waals surface area (Å²) < 4.78 is 6.72. The molecule has 1 heterocycles. The molecule has 1 atom stereocenters. The number of rotatable bonds is 1. The lowest BCUT2D eigenvalue weighted by Crippen LogP contribution is -2.42. The minimum Gasteiger partial charge on any atom is -0.478 e. The summed E-state index contributed by atoms with van der Waals surface area (Å²) in [5.74, 6) is 1.18. The van der Waals surface area contributed by atoms with Gasteiger partial charge in [0.15, 0.2) is 6.10 Å². The molecule has 0 aliphatic carbocycles. The number of halogens is 1. The van der Waals surface area contributed by atoms with E-state index in [0.717, 1.165) is 21.5 Å². The van der Waals surface area contributed by atoms with E-state index in [2.05, 4.69) is 35.8 Å². The lowest BCUT2D eigenvalue weighted by molar-refractivity contribution is -0.125. The van der Waals surface area contributed by atoms with Crippen LogP contribution < -0.4 is 9.64 Å². The maximum atomic E-state index is 11.9. The van der Waals surface area contributed by atoms with Crippen LogP contribution >= 0.6 is 15.9 Å². The molecule has 3 nitrogen and oxygen atoms in total. The minimum atomic E-state index is -0.411. The average molecular weight is 298 g/mol. The quantitative estimate of drug-likeness (QED) is 0.796. The number of benzene rings is 1. The van der Waals surface area contributed by atoms with Crippen LogP contribution in [0, 0.1) is 0 Å². The first kappa shape index (κ1) is 12.4. The van der Waals surface area contributed by atoms with E-state index in [1.165, 1.54) is 0 Å². The molecule has 1 aliphatic rings. The van der Waals surface area contributed by atoms with Crippen LogP contribution in [0.4, 0.5) is 5.69 Å². The van der Waals surface area contributed by atoms with Gasteiger partial charge in [0, 0.05) is 17.1 Å². The second-order valence-electron chi connectivity index (χ2n) is 4.66. The normalized spacial score (nSPS) is 19.3. The molecule has 0 spiro atoms. The molecule has 2 rings (SSSR count). The molecule has 0 N–H and O–H groups in total. The summed E-state index contributed by atoms with van der Waals surface area (Å²) in [7, 11) is 1.79. The number of likely N-dealkylation sites (N-methyl/N-ethyl adjacent to an activating group) is 1. The van der Waals surface area contributed by atoms with Crippen molar-refractivity contribution in [2.45, 2.75) is 32.8 Å². The van der Waals surface area contributed by atoms with Crippen LogP contribution in [0.1, 0.15) is 32.3 Å². The summed E-state index contributed by atoms with van der Waals surface area (Å²) in [5.41, 5.74) is 1.96. The van der Waals surface area contributed by atoms with Crippen molar-refractivity contribution in [2.24, 2.45) is 0 Å². The minimum absolute atomic E-state index is 0.00898. The van der Waals surface area contributed by atoms with Gasteiger partial charge >= 0.3 is 0 Å². The van der Waals surface area contributed by atoms with Crippen LogP contribution in [-0.2, 0) is 4.79 Å². The molecular formula is C13H16BrNO2. The Morgan fingerprint density at radius 3 is 2.65 bits per heavy atom. The zero-order valence-electron chi connectivity index (χ0n) is 10.5. The van der Waals surface area contributed by atoms with Gasteiger partial charge in [0.1, 0.15) is 5.75 Å². The number of nitrogens with zero attached hydrogens (tertiary/aromatic N) is 1. The number of anilines is 1. The number of fused-ring (bicyclic) bond motifs is 1. The fourth-order valence-corrected chi connectivity index (χ4v) is 2.49. The van der Waals surface area contributed by atoms with Gasteiger partial charge in [0.25, 0.3) is 5.91 Å². The SMILES string of the molecule is CC1Oc2c(C(C)C)cc(Br)cc2N(C)C1=O. The van der Waals surface area contributed by atoms with Crippen molar-refractivity contribution < 1.29 is 9.53 Å². The third kappa shape index (κ3) is 2.06. The predicted octanol–water partition coefficient (Wildman–Crippen LogP) is 3.32. The van der Waals surface area contributed by atoms with Gasteiger partial charge in [-0.15, -0.1) is 0 Å². The summed E-state index contributed by atoms with van der Waals surface area (Å²) in [5, 5.41) is 0. The highest BCUT2D eigenvalue weighted by atomic mass is 79.9. The Hall–Kier alpha value is -1.03. The largest absolute Gasteiger partial charge is 0.478 e. The van der Waals surface area contributed by atoms with Crippen LogP contribution in [0.5, 0.6) is 5.75 Å². The van der Waals surface area contributed by atoms with Gasteiger partial charge in [-0.05, 0) is 25.0 Å². The molecule has 0 fully saturated rings. The van der Waals surface area contributed by atoms with Gasteiger partial charge in [-0.2, -0.15) is 0 Å². The Balaban J connectivity index is 2.62. The van der Waals surface area contributed by atoms with E-state index in [-0.39, 0.29) is 5.91 Å². The topological polar surface area (TPSA) is 29.5 Å². The summed E-state index contributed by atoms with van der Waals surface area (Å²) in [6.07, 6.45) is -0.411. The number of amides is 1. The Bertz CT molecular complexity index is 471. The highest BCUT2D eigenvalue weighted by molar-refractivity contribution is 9.10. The molecule has 92 valence electrons. The van der Waals surface area contributed by atoms with Crippen molar-refractivity contribution in [1.82, 2.24) is 0 Å². The van der Waals surface area contributed by atoms with Crippen LogP contribution in [0.25, 0.3) is 0 Å². The Labute approximate surface area is 110 Å². The van der Waals surface area contributed by atoms with Gasteiger partial charge in [-0.25, -0.2) is 0 Å². The Kier molecular flexibility index (Phi) is 3.17. The number of ether oxygens (including phenoxy) is 1. The first-order valence-electron chi connectivity index (χ1n) is 5.69. The lowest BCUT2D eigenvalue weighted by atomic mass is 10.00. The van der Waals surface area contributed by atoms with E-state index in [4.69, 9.17) is 4.74 Å². The van der Waals surface area contributed by atoms with Crippen molar-refractivity contribution in [3.63, 3.8) is 0 Å². The molecule has 17 heavy (non-hydrogen) atoms. The van der Waals surface area contributed by atoms with Crippen LogP contribution in [-0.4, -0.2) is 19.1 Å². The van der Waals surface area contributed by atoms with Gasteiger partial charge in [-0.1, -0.05) is 29.8 Å². The fraction of sp³-hybridized carbons (Fsp3) is 0.462. The second-order valence-corrected chi connectivity index (χ2v) is 5.57. The highest BCUT2D eigenvalue weighted by Crippen LogP contribution is 2.41. The van der Waals surface area contributed by atoms with Crippen LogP contribution in [0.3, 0.4) is 0 Å². The summed E-state index contributed by atoms with van der Waals surface area (Å²) in [4.78, 5) is 13.5. The van der Waals surface area contributed by atoms with Crippen molar-refractivity contribution in [1.29, 1.82) is 0 Å². The molecule has 1 aliphatic heterocycles.